The number of aliphatic carboxylic acids is 1. The molecule has 0 saturated carbocycles. The Hall–Kier alpha value is -1.06. The van der Waals surface area contributed by atoms with E-state index in [1.807, 2.05) is 13.8 Å². The highest BCUT2D eigenvalue weighted by molar-refractivity contribution is 5.84. The molecule has 18 heavy (non-hydrogen) atoms. The van der Waals surface area contributed by atoms with Crippen LogP contribution < -0.4 is 0 Å². The van der Waals surface area contributed by atoms with Crippen molar-refractivity contribution < 1.29 is 14.7 Å². The number of carbonyl (C=O) groups excluding carboxylic acids is 1. The van der Waals surface area contributed by atoms with Gasteiger partial charge >= 0.3 is 5.97 Å². The van der Waals surface area contributed by atoms with Gasteiger partial charge in [-0.3, -0.25) is 9.59 Å². The fourth-order valence-electron chi connectivity index (χ4n) is 2.10. The number of hydrogen-bond donors (Lipinski definition) is 1. The summed E-state index contributed by atoms with van der Waals surface area (Å²) in [5, 5.41) is 9.32. The molecule has 0 unspecified atom stereocenters. The third kappa shape index (κ3) is 4.67. The predicted molar refractivity (Wildman–Crippen MR) is 72.4 cm³/mol. The van der Waals surface area contributed by atoms with Crippen LogP contribution >= 0.6 is 0 Å². The first-order chi connectivity index (χ1) is 8.08. The average Bonchev–Trinajstić information content (AvgIpc) is 2.22. The molecule has 0 radical (unpaired) electrons. The zero-order valence-electron chi connectivity index (χ0n) is 12.5. The first-order valence-electron chi connectivity index (χ1n) is 6.55. The molecule has 0 rings (SSSR count). The lowest BCUT2D eigenvalue weighted by Crippen LogP contribution is -2.40. The number of amides is 1. The minimum absolute atomic E-state index is 0.0225. The van der Waals surface area contributed by atoms with Gasteiger partial charge in [-0.25, -0.2) is 0 Å². The first-order valence-corrected chi connectivity index (χ1v) is 6.55. The molecule has 4 nitrogen and oxygen atoms in total. The van der Waals surface area contributed by atoms with Crippen LogP contribution in [-0.4, -0.2) is 35.5 Å². The van der Waals surface area contributed by atoms with Gasteiger partial charge in [0.25, 0.3) is 0 Å². The van der Waals surface area contributed by atoms with Gasteiger partial charge in [0.05, 0.1) is 5.41 Å². The van der Waals surface area contributed by atoms with Crippen LogP contribution in [0.4, 0.5) is 0 Å². The molecule has 0 aromatic rings. The Morgan fingerprint density at radius 3 is 1.83 bits per heavy atom. The topological polar surface area (TPSA) is 57.6 Å². The van der Waals surface area contributed by atoms with E-state index in [1.165, 1.54) is 0 Å². The summed E-state index contributed by atoms with van der Waals surface area (Å²) >= 11 is 0. The van der Waals surface area contributed by atoms with Gasteiger partial charge in [0.15, 0.2) is 0 Å². The van der Waals surface area contributed by atoms with Crippen molar-refractivity contribution in [3.05, 3.63) is 0 Å². The van der Waals surface area contributed by atoms with Crippen LogP contribution in [-0.2, 0) is 9.59 Å². The molecule has 106 valence electrons. The molecule has 0 saturated heterocycles. The standard InChI is InChI=1S/C14H27NO3/c1-7-14(8-2,12(17)18)9-11(16)15(6)10-13(3,4)5/h7-10H2,1-6H3,(H,17,18). The van der Waals surface area contributed by atoms with Crippen molar-refractivity contribution in [2.45, 2.75) is 53.9 Å². The molecule has 0 aromatic carbocycles. The normalized spacial score (nSPS) is 12.3. The Labute approximate surface area is 110 Å². The van der Waals surface area contributed by atoms with E-state index in [-0.39, 0.29) is 17.7 Å². The van der Waals surface area contributed by atoms with Crippen LogP contribution in [0.15, 0.2) is 0 Å². The van der Waals surface area contributed by atoms with Crippen LogP contribution in [0, 0.1) is 10.8 Å². The van der Waals surface area contributed by atoms with Crippen molar-refractivity contribution in [1.82, 2.24) is 4.90 Å². The van der Waals surface area contributed by atoms with Crippen LogP contribution in [0.1, 0.15) is 53.9 Å². The summed E-state index contributed by atoms with van der Waals surface area (Å²) in [6, 6.07) is 0. The summed E-state index contributed by atoms with van der Waals surface area (Å²) in [5.74, 6) is -0.957. The van der Waals surface area contributed by atoms with Gasteiger partial charge in [0.1, 0.15) is 0 Å². The number of hydrogen-bond acceptors (Lipinski definition) is 2. The van der Waals surface area contributed by atoms with Gasteiger partial charge < -0.3 is 10.0 Å². The molecule has 0 bridgehead atoms. The molecule has 0 fully saturated rings. The number of carbonyl (C=O) groups is 2. The maximum atomic E-state index is 12.1. The highest BCUT2D eigenvalue weighted by Crippen LogP contribution is 2.32. The lowest BCUT2D eigenvalue weighted by Gasteiger charge is -2.31. The maximum Gasteiger partial charge on any atom is 0.310 e. The third-order valence-corrected chi connectivity index (χ3v) is 3.43. The second-order valence-corrected chi connectivity index (χ2v) is 6.28. The van der Waals surface area contributed by atoms with E-state index in [0.717, 1.165) is 0 Å². The molecule has 1 N–H and O–H groups in total. The van der Waals surface area contributed by atoms with Crippen molar-refractivity contribution in [2.24, 2.45) is 10.8 Å². The van der Waals surface area contributed by atoms with E-state index in [4.69, 9.17) is 0 Å². The Balaban J connectivity index is 4.76. The van der Waals surface area contributed by atoms with E-state index in [2.05, 4.69) is 20.8 Å². The van der Waals surface area contributed by atoms with Crippen molar-refractivity contribution in [1.29, 1.82) is 0 Å². The van der Waals surface area contributed by atoms with Crippen molar-refractivity contribution in [3.8, 4) is 0 Å². The van der Waals surface area contributed by atoms with Gasteiger partial charge in [0, 0.05) is 20.0 Å². The second kappa shape index (κ2) is 6.21. The van der Waals surface area contributed by atoms with Gasteiger partial charge in [-0.2, -0.15) is 0 Å². The maximum absolute atomic E-state index is 12.1. The Bertz CT molecular complexity index is 301. The third-order valence-electron chi connectivity index (χ3n) is 3.43. The largest absolute Gasteiger partial charge is 0.481 e. The van der Waals surface area contributed by atoms with Crippen LogP contribution in [0.2, 0.25) is 0 Å². The zero-order valence-corrected chi connectivity index (χ0v) is 12.5. The smallest absolute Gasteiger partial charge is 0.310 e. The molecule has 1 amide bonds. The number of carboxylic acids is 1. The van der Waals surface area contributed by atoms with E-state index in [9.17, 15) is 14.7 Å². The van der Waals surface area contributed by atoms with Gasteiger partial charge in [-0.15, -0.1) is 0 Å². The van der Waals surface area contributed by atoms with Gasteiger partial charge in [-0.1, -0.05) is 34.6 Å². The quantitative estimate of drug-likeness (QED) is 0.796. The number of carboxylic acid groups (broad SMARTS) is 1. The lowest BCUT2D eigenvalue weighted by molar-refractivity contribution is -0.154. The van der Waals surface area contributed by atoms with Crippen molar-refractivity contribution in [3.63, 3.8) is 0 Å². The summed E-state index contributed by atoms with van der Waals surface area (Å²) < 4.78 is 0. The van der Waals surface area contributed by atoms with Crippen LogP contribution in [0.3, 0.4) is 0 Å². The molecular weight excluding hydrogens is 230 g/mol. The summed E-state index contributed by atoms with van der Waals surface area (Å²) in [4.78, 5) is 25.1. The molecule has 0 aliphatic rings. The fourth-order valence-corrected chi connectivity index (χ4v) is 2.10. The molecule has 0 aromatic heterocycles. The predicted octanol–water partition coefficient (Wildman–Crippen LogP) is 2.77. The summed E-state index contributed by atoms with van der Waals surface area (Å²) in [7, 11) is 1.74. The molecule has 4 heteroatoms. The van der Waals surface area contributed by atoms with E-state index >= 15 is 0 Å². The van der Waals surface area contributed by atoms with Crippen molar-refractivity contribution >= 4 is 11.9 Å². The summed E-state index contributed by atoms with van der Waals surface area (Å²) in [5.41, 5.74) is -0.891. The van der Waals surface area contributed by atoms with Crippen molar-refractivity contribution in [2.75, 3.05) is 13.6 Å². The monoisotopic (exact) mass is 257 g/mol. The molecule has 0 aliphatic carbocycles. The first kappa shape index (κ1) is 16.9. The SMILES string of the molecule is CCC(CC)(CC(=O)N(C)CC(C)(C)C)C(=O)O. The number of rotatable bonds is 6. The molecule has 0 spiro atoms. The van der Waals surface area contributed by atoms with E-state index < -0.39 is 11.4 Å². The van der Waals surface area contributed by atoms with Gasteiger partial charge in [0.2, 0.25) is 5.91 Å². The van der Waals surface area contributed by atoms with Crippen LogP contribution in [0.5, 0.6) is 0 Å². The fraction of sp³-hybridized carbons (Fsp3) is 0.857. The highest BCUT2D eigenvalue weighted by Gasteiger charge is 2.38. The molecular formula is C14H27NO3. The van der Waals surface area contributed by atoms with E-state index in [1.54, 1.807) is 11.9 Å². The second-order valence-electron chi connectivity index (χ2n) is 6.28. The zero-order chi connectivity index (χ0) is 14.6. The Kier molecular flexibility index (Phi) is 5.84. The number of nitrogens with zero attached hydrogens (tertiary/aromatic N) is 1. The van der Waals surface area contributed by atoms with E-state index in [0.29, 0.717) is 19.4 Å². The Morgan fingerprint density at radius 1 is 1.11 bits per heavy atom. The van der Waals surface area contributed by atoms with Gasteiger partial charge in [-0.05, 0) is 18.3 Å². The molecule has 0 aliphatic heterocycles. The summed E-state index contributed by atoms with van der Waals surface area (Å²) in [6.07, 6.45) is 1.05. The minimum Gasteiger partial charge on any atom is -0.481 e. The van der Waals surface area contributed by atoms with Crippen LogP contribution in [0.25, 0.3) is 0 Å². The minimum atomic E-state index is -0.913. The summed E-state index contributed by atoms with van der Waals surface area (Å²) in [6.45, 7) is 10.5. The molecule has 0 heterocycles. The Morgan fingerprint density at radius 2 is 1.56 bits per heavy atom. The lowest BCUT2D eigenvalue weighted by atomic mass is 9.79. The average molecular weight is 257 g/mol. The molecule has 0 atom stereocenters. The highest BCUT2D eigenvalue weighted by atomic mass is 16.4.